The zero-order chi connectivity index (χ0) is 24.3. The molecule has 1 N–H and O–H groups in total. The Morgan fingerprint density at radius 1 is 0.941 bits per heavy atom. The van der Waals surface area contributed by atoms with E-state index in [1.807, 2.05) is 24.3 Å². The highest BCUT2D eigenvalue weighted by molar-refractivity contribution is 7.20. The number of alkyl halides is 3. The van der Waals surface area contributed by atoms with Gasteiger partial charge in [0, 0.05) is 22.0 Å². The maximum absolute atomic E-state index is 13.4. The third-order valence-corrected chi connectivity index (χ3v) is 6.52. The van der Waals surface area contributed by atoms with E-state index in [-0.39, 0.29) is 24.7 Å². The molecule has 0 aliphatic rings. The van der Waals surface area contributed by atoms with Crippen LogP contribution in [0, 0.1) is 0 Å². The molecule has 0 bridgehead atoms. The maximum Gasteiger partial charge on any atom is 0.416 e. The molecule has 4 rings (SSSR count). The number of thiophene rings is 1. The smallest absolute Gasteiger partial charge is 0.325 e. The van der Waals surface area contributed by atoms with Crippen LogP contribution in [-0.4, -0.2) is 23.3 Å². The first kappa shape index (κ1) is 23.8. The van der Waals surface area contributed by atoms with Crippen LogP contribution in [0.5, 0.6) is 0 Å². The summed E-state index contributed by atoms with van der Waals surface area (Å²) in [5.41, 5.74) is -0.239. The predicted molar refractivity (Wildman–Crippen MR) is 128 cm³/mol. The van der Waals surface area contributed by atoms with Gasteiger partial charge in [-0.1, -0.05) is 54.1 Å². The van der Waals surface area contributed by atoms with Crippen LogP contribution in [0.2, 0.25) is 5.02 Å². The van der Waals surface area contributed by atoms with Gasteiger partial charge in [-0.3, -0.25) is 9.59 Å². The minimum Gasteiger partial charge on any atom is -0.325 e. The summed E-state index contributed by atoms with van der Waals surface area (Å²) in [5.74, 6) is -0.999. The molecule has 174 valence electrons. The van der Waals surface area contributed by atoms with E-state index in [0.717, 1.165) is 22.2 Å². The fourth-order valence-corrected chi connectivity index (χ4v) is 4.65. The summed E-state index contributed by atoms with van der Waals surface area (Å²) in [6.45, 7) is -0.308. The minimum atomic E-state index is -4.53. The van der Waals surface area contributed by atoms with Gasteiger partial charge in [-0.15, -0.1) is 11.3 Å². The first-order valence-electron chi connectivity index (χ1n) is 10.2. The second-order valence-corrected chi connectivity index (χ2v) is 9.02. The van der Waals surface area contributed by atoms with Crippen LogP contribution in [0.4, 0.5) is 18.9 Å². The van der Waals surface area contributed by atoms with E-state index >= 15 is 0 Å². The maximum atomic E-state index is 13.4. The Morgan fingerprint density at radius 2 is 1.68 bits per heavy atom. The zero-order valence-electron chi connectivity index (χ0n) is 17.6. The van der Waals surface area contributed by atoms with Gasteiger partial charge in [0.1, 0.15) is 6.54 Å². The molecule has 0 fully saturated rings. The highest BCUT2D eigenvalue weighted by atomic mass is 35.5. The molecular formula is C25H18ClF3N2O2S. The van der Waals surface area contributed by atoms with Crippen LogP contribution in [0.1, 0.15) is 20.8 Å². The van der Waals surface area contributed by atoms with E-state index in [0.29, 0.717) is 15.5 Å². The number of anilines is 1. The fourth-order valence-electron chi connectivity index (χ4n) is 3.42. The fraction of sp³-hybridized carbons (Fsp3) is 0.120. The highest BCUT2D eigenvalue weighted by Gasteiger charge is 2.30. The van der Waals surface area contributed by atoms with Crippen molar-refractivity contribution < 1.29 is 22.8 Å². The lowest BCUT2D eigenvalue weighted by molar-refractivity contribution is -0.137. The standard InChI is InChI=1S/C25H18ClF3N2O2S/c26-20-10-3-1-7-17(20)14-31(24(33)22-12-16-6-2-4-11-21(16)34-22)15-23(32)30-19-9-5-8-18(13-19)25(27,28)29/h1-13H,14-15H2,(H,30,32). The number of benzene rings is 3. The van der Waals surface area contributed by atoms with Gasteiger partial charge in [0.2, 0.25) is 5.91 Å². The van der Waals surface area contributed by atoms with Crippen molar-refractivity contribution in [1.82, 2.24) is 4.90 Å². The van der Waals surface area contributed by atoms with E-state index in [1.54, 1.807) is 30.3 Å². The second-order valence-electron chi connectivity index (χ2n) is 7.53. The molecule has 9 heteroatoms. The molecule has 34 heavy (non-hydrogen) atoms. The van der Waals surface area contributed by atoms with Crippen LogP contribution in [0.3, 0.4) is 0 Å². The summed E-state index contributed by atoms with van der Waals surface area (Å²) in [6.07, 6.45) is -4.53. The molecule has 0 aliphatic heterocycles. The second kappa shape index (κ2) is 9.87. The van der Waals surface area contributed by atoms with Gasteiger partial charge in [0.25, 0.3) is 5.91 Å². The van der Waals surface area contributed by atoms with E-state index in [2.05, 4.69) is 5.32 Å². The van der Waals surface area contributed by atoms with Crippen LogP contribution < -0.4 is 5.32 Å². The van der Waals surface area contributed by atoms with Gasteiger partial charge < -0.3 is 10.2 Å². The molecule has 0 atom stereocenters. The summed E-state index contributed by atoms with van der Waals surface area (Å²) in [7, 11) is 0. The summed E-state index contributed by atoms with van der Waals surface area (Å²) >= 11 is 7.57. The number of amides is 2. The van der Waals surface area contributed by atoms with E-state index in [4.69, 9.17) is 11.6 Å². The molecule has 4 aromatic rings. The van der Waals surface area contributed by atoms with Crippen molar-refractivity contribution in [2.24, 2.45) is 0 Å². The summed E-state index contributed by atoms with van der Waals surface area (Å²) in [5, 5.41) is 3.80. The number of nitrogens with one attached hydrogen (secondary N) is 1. The Kier molecular flexibility index (Phi) is 6.90. The summed E-state index contributed by atoms with van der Waals surface area (Å²) in [6, 6.07) is 20.6. The van der Waals surface area contributed by atoms with Gasteiger partial charge in [0.05, 0.1) is 10.4 Å². The molecule has 0 spiro atoms. The molecule has 0 unspecified atom stereocenters. The van der Waals surface area contributed by atoms with Gasteiger partial charge >= 0.3 is 6.18 Å². The highest BCUT2D eigenvalue weighted by Crippen LogP contribution is 2.31. The van der Waals surface area contributed by atoms with Crippen molar-refractivity contribution in [3.05, 3.63) is 99.9 Å². The van der Waals surface area contributed by atoms with Crippen LogP contribution in [-0.2, 0) is 17.5 Å². The summed E-state index contributed by atoms with van der Waals surface area (Å²) < 4.78 is 39.9. The average molecular weight is 503 g/mol. The average Bonchev–Trinajstić information content (AvgIpc) is 3.23. The van der Waals surface area contributed by atoms with Gasteiger partial charge in [-0.05, 0) is 47.3 Å². The molecule has 0 saturated carbocycles. The van der Waals surface area contributed by atoms with E-state index in [1.165, 1.54) is 28.4 Å². The lowest BCUT2D eigenvalue weighted by Gasteiger charge is -2.22. The minimum absolute atomic E-state index is 0.00757. The van der Waals surface area contributed by atoms with E-state index < -0.39 is 17.6 Å². The first-order chi connectivity index (χ1) is 16.2. The van der Waals surface area contributed by atoms with Crippen molar-refractivity contribution >= 4 is 50.5 Å². The molecule has 0 radical (unpaired) electrons. The molecule has 0 saturated heterocycles. The van der Waals surface area contributed by atoms with Crippen LogP contribution >= 0.6 is 22.9 Å². The SMILES string of the molecule is O=C(CN(Cc1ccccc1Cl)C(=O)c1cc2ccccc2s1)Nc1cccc(C(F)(F)F)c1. The number of nitrogens with zero attached hydrogens (tertiary/aromatic N) is 1. The molecule has 3 aromatic carbocycles. The lowest BCUT2D eigenvalue weighted by atomic mass is 10.2. The molecule has 1 heterocycles. The number of halogens is 4. The van der Waals surface area contributed by atoms with Crippen LogP contribution in [0.25, 0.3) is 10.1 Å². The predicted octanol–water partition coefficient (Wildman–Crippen LogP) is 6.85. The molecule has 2 amide bonds. The van der Waals surface area contributed by atoms with Gasteiger partial charge in [-0.25, -0.2) is 0 Å². The van der Waals surface area contributed by atoms with Crippen molar-refractivity contribution in [2.45, 2.75) is 12.7 Å². The number of fused-ring (bicyclic) bond motifs is 1. The van der Waals surface area contributed by atoms with Crippen molar-refractivity contribution in [3.8, 4) is 0 Å². The number of hydrogen-bond acceptors (Lipinski definition) is 3. The van der Waals surface area contributed by atoms with Gasteiger partial charge in [0.15, 0.2) is 0 Å². The van der Waals surface area contributed by atoms with E-state index in [9.17, 15) is 22.8 Å². The number of carbonyl (C=O) groups is 2. The monoisotopic (exact) mass is 502 g/mol. The number of hydrogen-bond donors (Lipinski definition) is 1. The number of carbonyl (C=O) groups excluding carboxylic acids is 2. The van der Waals surface area contributed by atoms with Crippen molar-refractivity contribution in [3.63, 3.8) is 0 Å². The molecule has 4 nitrogen and oxygen atoms in total. The van der Waals surface area contributed by atoms with Gasteiger partial charge in [-0.2, -0.15) is 13.2 Å². The third-order valence-electron chi connectivity index (χ3n) is 5.05. The van der Waals surface area contributed by atoms with Crippen LogP contribution in [0.15, 0.2) is 78.9 Å². The molecule has 1 aromatic heterocycles. The first-order valence-corrected chi connectivity index (χ1v) is 11.4. The summed E-state index contributed by atoms with van der Waals surface area (Å²) in [4.78, 5) is 27.9. The van der Waals surface area contributed by atoms with Crippen molar-refractivity contribution in [1.29, 1.82) is 0 Å². The topological polar surface area (TPSA) is 49.4 Å². The quantitative estimate of drug-likeness (QED) is 0.313. The lowest BCUT2D eigenvalue weighted by Crippen LogP contribution is -2.37. The number of rotatable bonds is 6. The Labute approximate surface area is 202 Å². The molecular weight excluding hydrogens is 485 g/mol. The Balaban J connectivity index is 1.58. The molecule has 0 aliphatic carbocycles. The Hall–Kier alpha value is -3.36. The largest absolute Gasteiger partial charge is 0.416 e. The third kappa shape index (κ3) is 5.58. The Bertz CT molecular complexity index is 1320. The zero-order valence-corrected chi connectivity index (χ0v) is 19.2. The van der Waals surface area contributed by atoms with Crippen molar-refractivity contribution in [2.75, 3.05) is 11.9 Å². The Morgan fingerprint density at radius 3 is 2.41 bits per heavy atom. The normalized spacial score (nSPS) is 11.4.